The Kier molecular flexibility index (Phi) is 4.62. The van der Waals surface area contributed by atoms with E-state index in [-0.39, 0.29) is 5.91 Å². The Balaban J connectivity index is 2.44. The minimum atomic E-state index is -0.411. The molecule has 1 rings (SSSR count). The molecule has 14 heavy (non-hydrogen) atoms. The molecular weight excluding hydrogens is 178 g/mol. The molecule has 1 fully saturated rings. The fraction of sp³-hybridized carbons (Fsp3) is 0.700. The molecular formula is C10H19N3O. The average molecular weight is 197 g/mol. The molecule has 0 aromatic heterocycles. The van der Waals surface area contributed by atoms with Gasteiger partial charge in [-0.25, -0.2) is 0 Å². The number of rotatable bonds is 3. The van der Waals surface area contributed by atoms with Gasteiger partial charge in [0, 0.05) is 19.6 Å². The summed E-state index contributed by atoms with van der Waals surface area (Å²) in [6.45, 7) is 7.02. The molecule has 1 heterocycles. The van der Waals surface area contributed by atoms with Crippen LogP contribution in [-0.4, -0.2) is 43.0 Å². The van der Waals surface area contributed by atoms with E-state index in [2.05, 4.69) is 11.9 Å². The predicted octanol–water partition coefficient (Wildman–Crippen LogP) is -0.288. The quantitative estimate of drug-likeness (QED) is 0.611. The van der Waals surface area contributed by atoms with Crippen molar-refractivity contribution in [1.82, 2.24) is 10.2 Å². The van der Waals surface area contributed by atoms with Gasteiger partial charge in [0.15, 0.2) is 0 Å². The summed E-state index contributed by atoms with van der Waals surface area (Å²) in [7, 11) is 0. The minimum absolute atomic E-state index is 0.0496. The second-order valence-electron chi connectivity index (χ2n) is 3.56. The summed E-state index contributed by atoms with van der Waals surface area (Å²) in [6.07, 6.45) is 3.26. The molecule has 1 amide bonds. The molecule has 0 saturated carbocycles. The van der Waals surface area contributed by atoms with E-state index in [4.69, 9.17) is 5.73 Å². The summed E-state index contributed by atoms with van der Waals surface area (Å²) in [5.74, 6) is 0.0496. The van der Waals surface area contributed by atoms with Crippen molar-refractivity contribution < 1.29 is 4.79 Å². The van der Waals surface area contributed by atoms with Crippen LogP contribution < -0.4 is 11.1 Å². The first-order valence-electron chi connectivity index (χ1n) is 5.11. The Labute approximate surface area is 85.1 Å². The van der Waals surface area contributed by atoms with E-state index < -0.39 is 6.04 Å². The first-order chi connectivity index (χ1) is 6.75. The Hall–Kier alpha value is -0.870. The van der Waals surface area contributed by atoms with Crippen LogP contribution in [0.15, 0.2) is 12.7 Å². The zero-order valence-electron chi connectivity index (χ0n) is 8.54. The van der Waals surface area contributed by atoms with Crippen molar-refractivity contribution in [2.75, 3.05) is 26.2 Å². The number of nitrogens with two attached hydrogens (primary N) is 1. The fourth-order valence-electron chi connectivity index (χ4n) is 1.58. The van der Waals surface area contributed by atoms with Gasteiger partial charge in [-0.2, -0.15) is 0 Å². The van der Waals surface area contributed by atoms with Gasteiger partial charge >= 0.3 is 0 Å². The summed E-state index contributed by atoms with van der Waals surface area (Å²) in [4.78, 5) is 13.6. The molecule has 0 radical (unpaired) electrons. The second kappa shape index (κ2) is 5.78. The molecule has 1 unspecified atom stereocenters. The normalized spacial score (nSPS) is 19.9. The molecule has 4 heteroatoms. The summed E-state index contributed by atoms with van der Waals surface area (Å²) >= 11 is 0. The standard InChI is InChI=1S/C10H19N3O/c1-2-4-9(11)10(14)13-7-3-5-12-6-8-13/h2,9,12H,1,3-8,11H2. The summed E-state index contributed by atoms with van der Waals surface area (Å²) in [6, 6.07) is -0.411. The molecule has 1 aliphatic rings. The van der Waals surface area contributed by atoms with E-state index in [0.29, 0.717) is 6.42 Å². The molecule has 0 bridgehead atoms. The molecule has 1 saturated heterocycles. The highest BCUT2D eigenvalue weighted by molar-refractivity contribution is 5.81. The summed E-state index contributed by atoms with van der Waals surface area (Å²) in [5, 5.41) is 3.25. The van der Waals surface area contributed by atoms with E-state index in [1.807, 2.05) is 4.90 Å². The van der Waals surface area contributed by atoms with E-state index in [9.17, 15) is 4.79 Å². The van der Waals surface area contributed by atoms with Gasteiger partial charge in [0.2, 0.25) is 5.91 Å². The van der Waals surface area contributed by atoms with Crippen LogP contribution in [0.3, 0.4) is 0 Å². The van der Waals surface area contributed by atoms with Crippen molar-refractivity contribution >= 4 is 5.91 Å². The molecule has 0 aromatic carbocycles. The van der Waals surface area contributed by atoms with Gasteiger partial charge in [0.1, 0.15) is 0 Å². The van der Waals surface area contributed by atoms with Crippen molar-refractivity contribution in [3.63, 3.8) is 0 Å². The van der Waals surface area contributed by atoms with Crippen molar-refractivity contribution in [2.24, 2.45) is 5.73 Å². The molecule has 4 nitrogen and oxygen atoms in total. The molecule has 0 aliphatic carbocycles. The van der Waals surface area contributed by atoms with Gasteiger partial charge in [0.05, 0.1) is 6.04 Å². The summed E-state index contributed by atoms with van der Waals surface area (Å²) in [5.41, 5.74) is 5.73. The average Bonchev–Trinajstić information content (AvgIpc) is 2.45. The third-order valence-electron chi connectivity index (χ3n) is 2.39. The predicted molar refractivity (Wildman–Crippen MR) is 56.9 cm³/mol. The largest absolute Gasteiger partial charge is 0.340 e. The van der Waals surface area contributed by atoms with Crippen LogP contribution in [0.4, 0.5) is 0 Å². The van der Waals surface area contributed by atoms with Gasteiger partial charge in [-0.05, 0) is 19.4 Å². The highest BCUT2D eigenvalue weighted by Gasteiger charge is 2.20. The van der Waals surface area contributed by atoms with Gasteiger partial charge in [-0.1, -0.05) is 6.08 Å². The SMILES string of the molecule is C=CCC(N)C(=O)N1CCCNCC1. The number of carbonyl (C=O) groups is 1. The van der Waals surface area contributed by atoms with Crippen LogP contribution in [0.25, 0.3) is 0 Å². The van der Waals surface area contributed by atoms with E-state index in [0.717, 1.165) is 32.6 Å². The first-order valence-corrected chi connectivity index (χ1v) is 5.11. The third kappa shape index (κ3) is 3.12. The smallest absolute Gasteiger partial charge is 0.239 e. The first kappa shape index (κ1) is 11.2. The lowest BCUT2D eigenvalue weighted by Crippen LogP contribution is -2.44. The van der Waals surface area contributed by atoms with Crippen LogP contribution in [0.5, 0.6) is 0 Å². The molecule has 1 atom stereocenters. The third-order valence-corrected chi connectivity index (χ3v) is 2.39. The molecule has 3 N–H and O–H groups in total. The number of hydrogen-bond acceptors (Lipinski definition) is 3. The van der Waals surface area contributed by atoms with E-state index in [1.165, 1.54) is 0 Å². The number of carbonyl (C=O) groups excluding carboxylic acids is 1. The maximum Gasteiger partial charge on any atom is 0.239 e. The molecule has 0 aromatic rings. The molecule has 0 spiro atoms. The van der Waals surface area contributed by atoms with Crippen LogP contribution >= 0.6 is 0 Å². The zero-order chi connectivity index (χ0) is 10.4. The Morgan fingerprint density at radius 3 is 3.07 bits per heavy atom. The van der Waals surface area contributed by atoms with Crippen LogP contribution in [0.1, 0.15) is 12.8 Å². The number of hydrogen-bond donors (Lipinski definition) is 2. The van der Waals surface area contributed by atoms with Crippen LogP contribution in [-0.2, 0) is 4.79 Å². The summed E-state index contributed by atoms with van der Waals surface area (Å²) < 4.78 is 0. The van der Waals surface area contributed by atoms with Gasteiger partial charge in [0.25, 0.3) is 0 Å². The van der Waals surface area contributed by atoms with E-state index >= 15 is 0 Å². The monoisotopic (exact) mass is 197 g/mol. The van der Waals surface area contributed by atoms with Gasteiger partial charge < -0.3 is 16.0 Å². The highest BCUT2D eigenvalue weighted by atomic mass is 16.2. The maximum absolute atomic E-state index is 11.8. The fourth-order valence-corrected chi connectivity index (χ4v) is 1.58. The van der Waals surface area contributed by atoms with E-state index in [1.54, 1.807) is 6.08 Å². The molecule has 80 valence electrons. The Bertz CT molecular complexity index is 198. The maximum atomic E-state index is 11.8. The lowest BCUT2D eigenvalue weighted by Gasteiger charge is -2.23. The lowest BCUT2D eigenvalue weighted by atomic mass is 10.2. The van der Waals surface area contributed by atoms with Gasteiger partial charge in [-0.15, -0.1) is 6.58 Å². The number of nitrogens with zero attached hydrogens (tertiary/aromatic N) is 1. The topological polar surface area (TPSA) is 58.4 Å². The van der Waals surface area contributed by atoms with Crippen molar-refractivity contribution in [3.8, 4) is 0 Å². The minimum Gasteiger partial charge on any atom is -0.340 e. The molecule has 1 aliphatic heterocycles. The zero-order valence-corrected chi connectivity index (χ0v) is 8.54. The number of amides is 1. The second-order valence-corrected chi connectivity index (χ2v) is 3.56. The van der Waals surface area contributed by atoms with Crippen LogP contribution in [0, 0.1) is 0 Å². The van der Waals surface area contributed by atoms with Crippen molar-refractivity contribution in [3.05, 3.63) is 12.7 Å². The van der Waals surface area contributed by atoms with Crippen molar-refractivity contribution in [1.29, 1.82) is 0 Å². The Morgan fingerprint density at radius 1 is 1.57 bits per heavy atom. The van der Waals surface area contributed by atoms with Crippen LogP contribution in [0.2, 0.25) is 0 Å². The lowest BCUT2D eigenvalue weighted by molar-refractivity contribution is -0.132. The number of nitrogens with one attached hydrogen (secondary N) is 1. The van der Waals surface area contributed by atoms with Crippen molar-refractivity contribution in [2.45, 2.75) is 18.9 Å². The van der Waals surface area contributed by atoms with Gasteiger partial charge in [-0.3, -0.25) is 4.79 Å². The Morgan fingerprint density at radius 2 is 2.36 bits per heavy atom. The highest BCUT2D eigenvalue weighted by Crippen LogP contribution is 2.01.